The molecule has 0 fully saturated rings. The van der Waals surface area contributed by atoms with Crippen LogP contribution in [0.15, 0.2) is 24.3 Å². The van der Waals surface area contributed by atoms with Crippen molar-refractivity contribution in [1.29, 1.82) is 0 Å². The smallest absolute Gasteiger partial charge is 0.270 e. The number of carbonyl (C=O) groups is 3. The SMILES string of the molecule is CCn1c(C)cc(C(=O)CN2C(=O)c3ccc([N+](=O)[O-])cc3C2=O)c1C. The van der Waals surface area contributed by atoms with E-state index in [2.05, 4.69) is 0 Å². The highest BCUT2D eigenvalue weighted by Gasteiger charge is 2.38. The summed E-state index contributed by atoms with van der Waals surface area (Å²) >= 11 is 0. The molecule has 1 aromatic carbocycles. The Morgan fingerprint density at radius 2 is 1.77 bits per heavy atom. The molecule has 0 atom stereocenters. The van der Waals surface area contributed by atoms with Crippen LogP contribution in [0.1, 0.15) is 49.4 Å². The Kier molecular flexibility index (Phi) is 4.19. The lowest BCUT2D eigenvalue weighted by atomic mass is 10.1. The summed E-state index contributed by atoms with van der Waals surface area (Å²) in [5, 5.41) is 10.9. The Labute approximate surface area is 149 Å². The third-order valence-electron chi connectivity index (χ3n) is 4.66. The van der Waals surface area contributed by atoms with E-state index in [1.165, 1.54) is 12.1 Å². The zero-order valence-electron chi connectivity index (χ0n) is 14.6. The fraction of sp³-hybridized carbons (Fsp3) is 0.278. The van der Waals surface area contributed by atoms with E-state index in [0.29, 0.717) is 12.1 Å². The summed E-state index contributed by atoms with van der Waals surface area (Å²) in [5.74, 6) is -1.65. The summed E-state index contributed by atoms with van der Waals surface area (Å²) in [6, 6.07) is 5.23. The molecule has 0 spiro atoms. The Balaban J connectivity index is 1.89. The van der Waals surface area contributed by atoms with Crippen molar-refractivity contribution < 1.29 is 19.3 Å². The van der Waals surface area contributed by atoms with Crippen LogP contribution >= 0.6 is 0 Å². The zero-order chi connectivity index (χ0) is 19.2. The Morgan fingerprint density at radius 3 is 2.35 bits per heavy atom. The van der Waals surface area contributed by atoms with Gasteiger partial charge in [-0.2, -0.15) is 0 Å². The number of non-ortho nitro benzene ring substituents is 1. The van der Waals surface area contributed by atoms with Crippen LogP contribution in [-0.4, -0.2) is 38.5 Å². The second kappa shape index (κ2) is 6.21. The first kappa shape index (κ1) is 17.5. The molecule has 3 rings (SSSR count). The second-order valence-electron chi connectivity index (χ2n) is 6.14. The summed E-state index contributed by atoms with van der Waals surface area (Å²) in [5.41, 5.74) is 1.92. The molecule has 0 saturated heterocycles. The molecular formula is C18H17N3O5. The first-order chi connectivity index (χ1) is 12.3. The normalized spacial score (nSPS) is 13.3. The maximum absolute atomic E-state index is 12.7. The molecule has 2 aromatic rings. The summed E-state index contributed by atoms with van der Waals surface area (Å²) in [6.07, 6.45) is 0. The van der Waals surface area contributed by atoms with Crippen LogP contribution in [0.4, 0.5) is 5.69 Å². The average molecular weight is 355 g/mol. The Hall–Kier alpha value is -3.29. The predicted octanol–water partition coefficient (Wildman–Crippen LogP) is 2.51. The van der Waals surface area contributed by atoms with Crippen LogP contribution in [0, 0.1) is 24.0 Å². The van der Waals surface area contributed by atoms with Gasteiger partial charge in [0.2, 0.25) is 0 Å². The number of rotatable bonds is 5. The number of aromatic nitrogens is 1. The molecule has 0 saturated carbocycles. The third-order valence-corrected chi connectivity index (χ3v) is 4.66. The van der Waals surface area contributed by atoms with Gasteiger partial charge in [-0.1, -0.05) is 0 Å². The van der Waals surface area contributed by atoms with Crippen molar-refractivity contribution in [3.63, 3.8) is 0 Å². The molecule has 8 nitrogen and oxygen atoms in total. The summed E-state index contributed by atoms with van der Waals surface area (Å²) < 4.78 is 1.97. The highest BCUT2D eigenvalue weighted by atomic mass is 16.6. The van der Waals surface area contributed by atoms with Crippen molar-refractivity contribution in [2.75, 3.05) is 6.54 Å². The largest absolute Gasteiger partial charge is 0.349 e. The van der Waals surface area contributed by atoms with Gasteiger partial charge in [0, 0.05) is 35.6 Å². The number of hydrogen-bond donors (Lipinski definition) is 0. The molecule has 0 aliphatic carbocycles. The minimum Gasteiger partial charge on any atom is -0.349 e. The molecule has 134 valence electrons. The number of aryl methyl sites for hydroxylation is 1. The number of imide groups is 1. The molecule has 2 amide bonds. The maximum atomic E-state index is 12.7. The Morgan fingerprint density at radius 1 is 1.12 bits per heavy atom. The molecule has 0 unspecified atom stereocenters. The minimum absolute atomic E-state index is 0.0453. The molecule has 1 aromatic heterocycles. The van der Waals surface area contributed by atoms with E-state index in [4.69, 9.17) is 0 Å². The Bertz CT molecular complexity index is 973. The fourth-order valence-corrected chi connectivity index (χ4v) is 3.33. The lowest BCUT2D eigenvalue weighted by Gasteiger charge is -2.13. The third kappa shape index (κ3) is 2.59. The maximum Gasteiger partial charge on any atom is 0.270 e. The van der Waals surface area contributed by atoms with Crippen LogP contribution in [-0.2, 0) is 6.54 Å². The van der Waals surface area contributed by atoms with Gasteiger partial charge in [0.25, 0.3) is 17.5 Å². The van der Waals surface area contributed by atoms with Gasteiger partial charge < -0.3 is 4.57 Å². The fourth-order valence-electron chi connectivity index (χ4n) is 3.33. The van der Waals surface area contributed by atoms with Crippen molar-refractivity contribution in [3.8, 4) is 0 Å². The highest BCUT2D eigenvalue weighted by molar-refractivity contribution is 6.23. The van der Waals surface area contributed by atoms with E-state index < -0.39 is 23.3 Å². The molecule has 8 heteroatoms. The number of carbonyl (C=O) groups excluding carboxylic acids is 3. The number of hydrogen-bond acceptors (Lipinski definition) is 5. The summed E-state index contributed by atoms with van der Waals surface area (Å²) in [4.78, 5) is 48.7. The average Bonchev–Trinajstić information content (AvgIpc) is 3.02. The number of nitro benzene ring substituents is 1. The molecule has 1 aliphatic heterocycles. The van der Waals surface area contributed by atoms with Crippen molar-refractivity contribution in [1.82, 2.24) is 9.47 Å². The van der Waals surface area contributed by atoms with Crippen LogP contribution in [0.3, 0.4) is 0 Å². The second-order valence-corrected chi connectivity index (χ2v) is 6.14. The van der Waals surface area contributed by atoms with E-state index in [0.717, 1.165) is 22.4 Å². The molecule has 2 heterocycles. The van der Waals surface area contributed by atoms with Gasteiger partial charge in [-0.05, 0) is 32.9 Å². The summed E-state index contributed by atoms with van der Waals surface area (Å²) in [6.45, 7) is 5.98. The monoisotopic (exact) mass is 355 g/mol. The lowest BCUT2D eigenvalue weighted by Crippen LogP contribution is -2.35. The number of fused-ring (bicyclic) bond motifs is 1. The van der Waals surface area contributed by atoms with Crippen molar-refractivity contribution in [3.05, 3.63) is 62.5 Å². The topological polar surface area (TPSA) is 103 Å². The van der Waals surface area contributed by atoms with E-state index in [-0.39, 0.29) is 22.6 Å². The van der Waals surface area contributed by atoms with Crippen LogP contribution in [0.25, 0.3) is 0 Å². The van der Waals surface area contributed by atoms with Gasteiger partial charge in [-0.3, -0.25) is 29.4 Å². The number of ketones is 1. The van der Waals surface area contributed by atoms with E-state index >= 15 is 0 Å². The van der Waals surface area contributed by atoms with E-state index in [9.17, 15) is 24.5 Å². The molecule has 0 radical (unpaired) electrons. The predicted molar refractivity (Wildman–Crippen MR) is 92.4 cm³/mol. The lowest BCUT2D eigenvalue weighted by molar-refractivity contribution is -0.384. The number of nitrogens with zero attached hydrogens (tertiary/aromatic N) is 3. The minimum atomic E-state index is -0.689. The molecule has 0 N–H and O–H groups in total. The van der Waals surface area contributed by atoms with E-state index in [1.807, 2.05) is 25.3 Å². The standard InChI is InChI=1S/C18H17N3O5/c1-4-19-10(2)7-14(11(19)3)16(22)9-20-17(23)13-6-5-12(21(25)26)8-15(13)18(20)24/h5-8H,4,9H2,1-3H3. The van der Waals surface area contributed by atoms with Gasteiger partial charge in [0.15, 0.2) is 5.78 Å². The first-order valence-electron chi connectivity index (χ1n) is 8.10. The van der Waals surface area contributed by atoms with Crippen LogP contribution in [0.5, 0.6) is 0 Å². The number of benzene rings is 1. The molecule has 26 heavy (non-hydrogen) atoms. The van der Waals surface area contributed by atoms with Crippen molar-refractivity contribution in [2.24, 2.45) is 0 Å². The van der Waals surface area contributed by atoms with Crippen LogP contribution < -0.4 is 0 Å². The summed E-state index contributed by atoms with van der Waals surface area (Å²) in [7, 11) is 0. The number of Topliss-reactive ketones (excluding diaryl/α,β-unsaturated/α-hetero) is 1. The molecule has 1 aliphatic rings. The highest BCUT2D eigenvalue weighted by Crippen LogP contribution is 2.27. The van der Waals surface area contributed by atoms with Gasteiger partial charge in [-0.15, -0.1) is 0 Å². The number of nitro groups is 1. The zero-order valence-corrected chi connectivity index (χ0v) is 14.6. The molecular weight excluding hydrogens is 338 g/mol. The van der Waals surface area contributed by atoms with Gasteiger partial charge in [0.05, 0.1) is 22.6 Å². The molecule has 0 bridgehead atoms. The quantitative estimate of drug-likeness (QED) is 0.355. The number of amides is 2. The van der Waals surface area contributed by atoms with Crippen molar-refractivity contribution in [2.45, 2.75) is 27.3 Å². The van der Waals surface area contributed by atoms with Crippen LogP contribution in [0.2, 0.25) is 0 Å². The van der Waals surface area contributed by atoms with Gasteiger partial charge in [-0.25, -0.2) is 0 Å². The van der Waals surface area contributed by atoms with E-state index in [1.54, 1.807) is 6.07 Å². The van der Waals surface area contributed by atoms with Gasteiger partial charge in [0.1, 0.15) is 0 Å². The first-order valence-corrected chi connectivity index (χ1v) is 8.10. The van der Waals surface area contributed by atoms with Gasteiger partial charge >= 0.3 is 0 Å². The van der Waals surface area contributed by atoms with Crippen molar-refractivity contribution >= 4 is 23.3 Å².